The van der Waals surface area contributed by atoms with E-state index in [1.54, 1.807) is 0 Å². The average molecular weight is 211 g/mol. The molecule has 1 aliphatic heterocycles. The molecule has 1 saturated heterocycles. The zero-order valence-corrected chi connectivity index (χ0v) is 10.2. The first-order valence-corrected chi connectivity index (χ1v) is 6.64. The summed E-state index contributed by atoms with van der Waals surface area (Å²) in [6.07, 6.45) is 5.52. The van der Waals surface area contributed by atoms with E-state index in [1.165, 1.54) is 25.7 Å². The van der Waals surface area contributed by atoms with Crippen LogP contribution in [0.15, 0.2) is 0 Å². The summed E-state index contributed by atoms with van der Waals surface area (Å²) in [5.74, 6) is 2.60. The van der Waals surface area contributed by atoms with Crippen LogP contribution in [-0.2, 0) is 4.74 Å². The summed E-state index contributed by atoms with van der Waals surface area (Å²) in [5, 5.41) is 3.69. The van der Waals surface area contributed by atoms with Gasteiger partial charge < -0.3 is 10.1 Å². The minimum absolute atomic E-state index is 0.697. The molecule has 3 unspecified atom stereocenters. The molecule has 0 aromatic carbocycles. The van der Waals surface area contributed by atoms with Gasteiger partial charge in [0.25, 0.3) is 0 Å². The Hall–Kier alpha value is -0.0800. The van der Waals surface area contributed by atoms with E-state index in [0.29, 0.717) is 6.04 Å². The lowest BCUT2D eigenvalue weighted by Gasteiger charge is -2.35. The van der Waals surface area contributed by atoms with Crippen molar-refractivity contribution < 1.29 is 4.74 Å². The van der Waals surface area contributed by atoms with E-state index in [1.807, 2.05) is 0 Å². The Morgan fingerprint density at radius 2 is 2.07 bits per heavy atom. The van der Waals surface area contributed by atoms with Crippen LogP contribution in [-0.4, -0.2) is 25.8 Å². The molecule has 0 amide bonds. The van der Waals surface area contributed by atoms with Gasteiger partial charge in [0.2, 0.25) is 0 Å². The molecule has 0 aromatic heterocycles. The van der Waals surface area contributed by atoms with Gasteiger partial charge in [0.1, 0.15) is 0 Å². The molecule has 0 spiro atoms. The first-order valence-electron chi connectivity index (χ1n) is 6.64. The van der Waals surface area contributed by atoms with Crippen molar-refractivity contribution in [1.29, 1.82) is 0 Å². The Kier molecular flexibility index (Phi) is 4.04. The molecule has 1 aliphatic carbocycles. The van der Waals surface area contributed by atoms with E-state index in [9.17, 15) is 0 Å². The van der Waals surface area contributed by atoms with E-state index >= 15 is 0 Å². The summed E-state index contributed by atoms with van der Waals surface area (Å²) in [4.78, 5) is 0. The summed E-state index contributed by atoms with van der Waals surface area (Å²) in [7, 11) is 0. The van der Waals surface area contributed by atoms with Crippen molar-refractivity contribution >= 4 is 0 Å². The van der Waals surface area contributed by atoms with Crippen LogP contribution in [0, 0.1) is 17.8 Å². The van der Waals surface area contributed by atoms with Crippen LogP contribution < -0.4 is 5.32 Å². The molecule has 1 heterocycles. The fraction of sp³-hybridized carbons (Fsp3) is 1.00. The van der Waals surface area contributed by atoms with Crippen molar-refractivity contribution in [2.75, 3.05) is 19.8 Å². The zero-order chi connectivity index (χ0) is 10.7. The highest BCUT2D eigenvalue weighted by Gasteiger charge is 2.37. The van der Waals surface area contributed by atoms with Crippen LogP contribution in [0.4, 0.5) is 0 Å². The highest BCUT2D eigenvalue weighted by molar-refractivity contribution is 4.90. The maximum absolute atomic E-state index is 5.62. The fourth-order valence-corrected chi connectivity index (χ4v) is 2.98. The van der Waals surface area contributed by atoms with Crippen LogP contribution in [0.2, 0.25) is 0 Å². The predicted molar refractivity (Wildman–Crippen MR) is 62.9 cm³/mol. The molecule has 0 aromatic rings. The topological polar surface area (TPSA) is 21.3 Å². The maximum atomic E-state index is 5.62. The van der Waals surface area contributed by atoms with Gasteiger partial charge in [-0.25, -0.2) is 0 Å². The summed E-state index contributed by atoms with van der Waals surface area (Å²) < 4.78 is 5.62. The van der Waals surface area contributed by atoms with Gasteiger partial charge in [-0.15, -0.1) is 0 Å². The van der Waals surface area contributed by atoms with E-state index in [-0.39, 0.29) is 0 Å². The minimum Gasteiger partial charge on any atom is -0.381 e. The van der Waals surface area contributed by atoms with Gasteiger partial charge in [-0.3, -0.25) is 0 Å². The van der Waals surface area contributed by atoms with Crippen LogP contribution >= 0.6 is 0 Å². The van der Waals surface area contributed by atoms with Crippen molar-refractivity contribution in [1.82, 2.24) is 5.32 Å². The Balaban J connectivity index is 1.90. The summed E-state index contributed by atoms with van der Waals surface area (Å²) in [6.45, 7) is 7.70. The van der Waals surface area contributed by atoms with Gasteiger partial charge in [0, 0.05) is 12.6 Å². The van der Waals surface area contributed by atoms with Crippen LogP contribution in [0.1, 0.15) is 39.5 Å². The van der Waals surface area contributed by atoms with Gasteiger partial charge >= 0.3 is 0 Å². The van der Waals surface area contributed by atoms with Gasteiger partial charge in [0.15, 0.2) is 0 Å². The van der Waals surface area contributed by atoms with Crippen molar-refractivity contribution in [3.63, 3.8) is 0 Å². The molecule has 0 bridgehead atoms. The third kappa shape index (κ3) is 2.94. The minimum atomic E-state index is 0.697. The molecule has 2 fully saturated rings. The Bertz CT molecular complexity index is 185. The third-order valence-electron chi connectivity index (χ3n) is 4.08. The number of hydrogen-bond acceptors (Lipinski definition) is 2. The SMILES string of the molecule is CCNC(C1CCCOC1)C(C)C1CC1. The van der Waals surface area contributed by atoms with Gasteiger partial charge in [0.05, 0.1) is 6.61 Å². The molecule has 2 heteroatoms. The molecule has 2 nitrogen and oxygen atoms in total. The largest absolute Gasteiger partial charge is 0.381 e. The van der Waals surface area contributed by atoms with E-state index in [4.69, 9.17) is 4.74 Å². The molecule has 2 aliphatic rings. The standard InChI is InChI=1S/C13H25NO/c1-3-14-13(10(2)11-6-7-11)12-5-4-8-15-9-12/h10-14H,3-9H2,1-2H3. The van der Waals surface area contributed by atoms with Gasteiger partial charge in [-0.05, 0) is 50.0 Å². The molecular weight excluding hydrogens is 186 g/mol. The van der Waals surface area contributed by atoms with Crippen LogP contribution in [0.5, 0.6) is 0 Å². The van der Waals surface area contributed by atoms with Crippen molar-refractivity contribution in [2.45, 2.75) is 45.6 Å². The number of rotatable bonds is 5. The van der Waals surface area contributed by atoms with E-state index in [0.717, 1.165) is 37.5 Å². The third-order valence-corrected chi connectivity index (χ3v) is 4.08. The average Bonchev–Trinajstić information content (AvgIpc) is 3.10. The van der Waals surface area contributed by atoms with Crippen molar-refractivity contribution in [2.24, 2.45) is 17.8 Å². The van der Waals surface area contributed by atoms with Crippen LogP contribution in [0.3, 0.4) is 0 Å². The van der Waals surface area contributed by atoms with E-state index < -0.39 is 0 Å². The first-order chi connectivity index (χ1) is 7.33. The molecule has 88 valence electrons. The van der Waals surface area contributed by atoms with Crippen molar-refractivity contribution in [3.05, 3.63) is 0 Å². The smallest absolute Gasteiger partial charge is 0.0509 e. The lowest BCUT2D eigenvalue weighted by Crippen LogP contribution is -2.45. The quantitative estimate of drug-likeness (QED) is 0.754. The Morgan fingerprint density at radius 1 is 1.27 bits per heavy atom. The highest BCUT2D eigenvalue weighted by Crippen LogP contribution is 2.40. The Labute approximate surface area is 93.8 Å². The summed E-state index contributed by atoms with van der Waals surface area (Å²) in [5.41, 5.74) is 0. The molecule has 1 N–H and O–H groups in total. The number of hydrogen-bond donors (Lipinski definition) is 1. The van der Waals surface area contributed by atoms with Crippen molar-refractivity contribution in [3.8, 4) is 0 Å². The lowest BCUT2D eigenvalue weighted by atomic mass is 9.83. The van der Waals surface area contributed by atoms with Gasteiger partial charge in [-0.2, -0.15) is 0 Å². The second-order valence-electron chi connectivity index (χ2n) is 5.26. The summed E-state index contributed by atoms with van der Waals surface area (Å²) in [6, 6.07) is 0.697. The number of nitrogens with one attached hydrogen (secondary N) is 1. The van der Waals surface area contributed by atoms with E-state index in [2.05, 4.69) is 19.2 Å². The van der Waals surface area contributed by atoms with Gasteiger partial charge in [-0.1, -0.05) is 13.8 Å². The molecule has 1 saturated carbocycles. The van der Waals surface area contributed by atoms with Crippen LogP contribution in [0.25, 0.3) is 0 Å². The summed E-state index contributed by atoms with van der Waals surface area (Å²) >= 11 is 0. The molecule has 3 atom stereocenters. The Morgan fingerprint density at radius 3 is 2.60 bits per heavy atom. The maximum Gasteiger partial charge on any atom is 0.0509 e. The number of ether oxygens (including phenoxy) is 1. The zero-order valence-electron chi connectivity index (χ0n) is 10.2. The highest BCUT2D eigenvalue weighted by atomic mass is 16.5. The molecule has 15 heavy (non-hydrogen) atoms. The molecule has 0 radical (unpaired) electrons. The second kappa shape index (κ2) is 5.31. The molecular formula is C13H25NO. The molecule has 2 rings (SSSR count). The second-order valence-corrected chi connectivity index (χ2v) is 5.26. The predicted octanol–water partition coefficient (Wildman–Crippen LogP) is 2.44. The fourth-order valence-electron chi connectivity index (χ4n) is 2.98. The monoisotopic (exact) mass is 211 g/mol. The lowest BCUT2D eigenvalue weighted by molar-refractivity contribution is 0.0284. The normalized spacial score (nSPS) is 31.2. The first kappa shape index (κ1) is 11.4.